The normalized spacial score (nSPS) is 34.8. The Bertz CT molecular complexity index is 124. The minimum Gasteiger partial charge on any atom is -0.481 e. The van der Waals surface area contributed by atoms with Gasteiger partial charge in [0, 0.05) is 0 Å². The molecule has 1 aliphatic carbocycles. The zero-order chi connectivity index (χ0) is 6.85. The maximum Gasteiger partial charge on any atom is 0.306 e. The lowest BCUT2D eigenvalue weighted by molar-refractivity contribution is -0.141. The van der Waals surface area contributed by atoms with Gasteiger partial charge >= 0.3 is 5.97 Å². The lowest BCUT2D eigenvalue weighted by Crippen LogP contribution is -2.09. The van der Waals surface area contributed by atoms with Crippen LogP contribution < -0.4 is 0 Å². The minimum atomic E-state index is -0.869. The van der Waals surface area contributed by atoms with Crippen molar-refractivity contribution in [3.05, 3.63) is 0 Å². The van der Waals surface area contributed by atoms with Crippen molar-refractivity contribution in [1.29, 1.82) is 0 Å². The Morgan fingerprint density at radius 1 is 1.56 bits per heavy atom. The van der Waals surface area contributed by atoms with Crippen molar-refractivity contribution in [3.63, 3.8) is 0 Å². The molecule has 0 saturated heterocycles. The number of carboxylic acid groups (broad SMARTS) is 1. The average Bonchev–Trinajstić information content (AvgIpc) is 2.14. The van der Waals surface area contributed by atoms with Crippen molar-refractivity contribution in [2.45, 2.75) is 25.4 Å². The molecule has 0 spiro atoms. The van der Waals surface area contributed by atoms with Gasteiger partial charge in [-0.25, -0.2) is 4.39 Å². The molecule has 0 amide bonds. The van der Waals surface area contributed by atoms with Gasteiger partial charge in [0.1, 0.15) is 6.17 Å². The van der Waals surface area contributed by atoms with Gasteiger partial charge in [0.2, 0.25) is 0 Å². The molecule has 2 atom stereocenters. The van der Waals surface area contributed by atoms with Gasteiger partial charge in [-0.3, -0.25) is 4.79 Å². The number of hydrogen-bond acceptors (Lipinski definition) is 1. The van der Waals surface area contributed by atoms with Gasteiger partial charge in [-0.1, -0.05) is 0 Å². The minimum absolute atomic E-state index is 0.218. The largest absolute Gasteiger partial charge is 0.481 e. The van der Waals surface area contributed by atoms with E-state index in [1.807, 2.05) is 0 Å². The molecule has 52 valence electrons. The Balaban J connectivity index is 2.39. The summed E-state index contributed by atoms with van der Waals surface area (Å²) in [6.45, 7) is 0. The third-order valence-corrected chi connectivity index (χ3v) is 1.72. The van der Waals surface area contributed by atoms with E-state index in [-0.39, 0.29) is 6.42 Å². The highest BCUT2D eigenvalue weighted by Gasteiger charge is 2.29. The van der Waals surface area contributed by atoms with E-state index in [9.17, 15) is 9.18 Å². The molecule has 1 rings (SSSR count). The smallest absolute Gasteiger partial charge is 0.306 e. The summed E-state index contributed by atoms with van der Waals surface area (Å²) in [6.07, 6.45) is 0.286. The average molecular weight is 132 g/mol. The van der Waals surface area contributed by atoms with Crippen LogP contribution in [0.2, 0.25) is 0 Å². The topological polar surface area (TPSA) is 37.3 Å². The predicted octanol–water partition coefficient (Wildman–Crippen LogP) is 1.21. The highest BCUT2D eigenvalue weighted by molar-refractivity contribution is 5.70. The third-order valence-electron chi connectivity index (χ3n) is 1.72. The molecule has 0 radical (unpaired) electrons. The van der Waals surface area contributed by atoms with Crippen molar-refractivity contribution >= 4 is 5.97 Å². The first-order chi connectivity index (χ1) is 4.20. The quantitative estimate of drug-likeness (QED) is 0.582. The molecule has 0 aromatic rings. The van der Waals surface area contributed by atoms with Crippen molar-refractivity contribution in [2.24, 2.45) is 5.92 Å². The number of halogens is 1. The van der Waals surface area contributed by atoms with Crippen molar-refractivity contribution in [2.75, 3.05) is 0 Å². The fourth-order valence-corrected chi connectivity index (χ4v) is 1.15. The summed E-state index contributed by atoms with van der Waals surface area (Å²) in [5.74, 6) is -1.27. The summed E-state index contributed by atoms with van der Waals surface area (Å²) in [6, 6.07) is 0. The van der Waals surface area contributed by atoms with Crippen LogP contribution in [-0.4, -0.2) is 17.2 Å². The van der Waals surface area contributed by atoms with Gasteiger partial charge in [0.15, 0.2) is 0 Å². The van der Waals surface area contributed by atoms with Crippen LogP contribution >= 0.6 is 0 Å². The molecule has 3 heteroatoms. The van der Waals surface area contributed by atoms with Crippen LogP contribution in [0.5, 0.6) is 0 Å². The Hall–Kier alpha value is -0.600. The highest BCUT2D eigenvalue weighted by Crippen LogP contribution is 2.27. The van der Waals surface area contributed by atoms with Crippen LogP contribution in [0.4, 0.5) is 4.39 Å². The summed E-state index contributed by atoms with van der Waals surface area (Å²) in [4.78, 5) is 10.2. The van der Waals surface area contributed by atoms with Gasteiger partial charge in [-0.2, -0.15) is 0 Å². The summed E-state index contributed by atoms with van der Waals surface area (Å²) in [5, 5.41) is 8.36. The van der Waals surface area contributed by atoms with Crippen molar-refractivity contribution < 1.29 is 14.3 Å². The fraction of sp³-hybridized carbons (Fsp3) is 0.833. The summed E-state index contributed by atoms with van der Waals surface area (Å²) < 4.78 is 12.3. The molecule has 0 heterocycles. The van der Waals surface area contributed by atoms with Crippen LogP contribution in [0.25, 0.3) is 0 Å². The van der Waals surface area contributed by atoms with Crippen LogP contribution in [-0.2, 0) is 4.79 Å². The maximum absolute atomic E-state index is 12.3. The molecule has 0 aromatic heterocycles. The number of alkyl halides is 1. The molecule has 1 N–H and O–H groups in total. The van der Waals surface area contributed by atoms with Gasteiger partial charge < -0.3 is 5.11 Å². The first kappa shape index (κ1) is 6.52. The van der Waals surface area contributed by atoms with E-state index in [1.165, 1.54) is 0 Å². The third kappa shape index (κ3) is 1.40. The standard InChI is InChI=1S/C6H9FO2/c7-5-2-1-4(3-5)6(8)9/h4-5H,1-3H2,(H,8,9)/t4-,5-/m0/s1. The van der Waals surface area contributed by atoms with E-state index in [1.54, 1.807) is 0 Å². The number of rotatable bonds is 1. The van der Waals surface area contributed by atoms with Crippen molar-refractivity contribution in [1.82, 2.24) is 0 Å². The number of aliphatic carboxylic acids is 1. The van der Waals surface area contributed by atoms with Gasteiger partial charge in [0.05, 0.1) is 5.92 Å². The van der Waals surface area contributed by atoms with E-state index in [0.717, 1.165) is 0 Å². The Kier molecular flexibility index (Phi) is 1.69. The van der Waals surface area contributed by atoms with E-state index in [2.05, 4.69) is 0 Å². The Morgan fingerprint density at radius 3 is 2.44 bits per heavy atom. The number of carbonyl (C=O) groups is 1. The zero-order valence-electron chi connectivity index (χ0n) is 5.01. The van der Waals surface area contributed by atoms with Crippen molar-refractivity contribution in [3.8, 4) is 0 Å². The highest BCUT2D eigenvalue weighted by atomic mass is 19.1. The number of carboxylic acids is 1. The summed E-state index contributed by atoms with van der Waals surface area (Å²) >= 11 is 0. The van der Waals surface area contributed by atoms with Crippen LogP contribution in [0.1, 0.15) is 19.3 Å². The molecule has 1 aliphatic rings. The molecule has 0 aromatic carbocycles. The van der Waals surface area contributed by atoms with Gasteiger partial charge in [-0.15, -0.1) is 0 Å². The Labute approximate surface area is 52.7 Å². The predicted molar refractivity (Wildman–Crippen MR) is 29.9 cm³/mol. The number of hydrogen-bond donors (Lipinski definition) is 1. The van der Waals surface area contributed by atoms with E-state index in [0.29, 0.717) is 12.8 Å². The molecular formula is C6H9FO2. The Morgan fingerprint density at radius 2 is 2.22 bits per heavy atom. The maximum atomic E-state index is 12.3. The lowest BCUT2D eigenvalue weighted by Gasteiger charge is -1.98. The van der Waals surface area contributed by atoms with Crippen LogP contribution in [0.15, 0.2) is 0 Å². The second-order valence-corrected chi connectivity index (χ2v) is 2.45. The summed E-state index contributed by atoms with van der Waals surface area (Å²) in [5.41, 5.74) is 0. The second-order valence-electron chi connectivity index (χ2n) is 2.45. The molecule has 1 saturated carbocycles. The lowest BCUT2D eigenvalue weighted by atomic mass is 10.1. The molecule has 0 aliphatic heterocycles. The van der Waals surface area contributed by atoms with E-state index in [4.69, 9.17) is 5.11 Å². The molecule has 1 fully saturated rings. The molecule has 0 bridgehead atoms. The molecular weight excluding hydrogens is 123 g/mol. The first-order valence-electron chi connectivity index (χ1n) is 3.07. The van der Waals surface area contributed by atoms with E-state index >= 15 is 0 Å². The SMILES string of the molecule is O=C(O)[C@H]1CC[C@H](F)C1. The summed E-state index contributed by atoms with van der Waals surface area (Å²) in [7, 11) is 0. The molecule has 2 nitrogen and oxygen atoms in total. The van der Waals surface area contributed by atoms with Crippen LogP contribution in [0.3, 0.4) is 0 Å². The monoisotopic (exact) mass is 132 g/mol. The molecule has 0 unspecified atom stereocenters. The first-order valence-corrected chi connectivity index (χ1v) is 3.07. The van der Waals surface area contributed by atoms with Gasteiger partial charge in [0.25, 0.3) is 0 Å². The van der Waals surface area contributed by atoms with Gasteiger partial charge in [-0.05, 0) is 19.3 Å². The van der Waals surface area contributed by atoms with E-state index < -0.39 is 18.1 Å². The second kappa shape index (κ2) is 2.33. The molecule has 9 heavy (non-hydrogen) atoms. The van der Waals surface area contributed by atoms with Crippen LogP contribution in [0, 0.1) is 5.92 Å². The fourth-order valence-electron chi connectivity index (χ4n) is 1.15. The zero-order valence-corrected chi connectivity index (χ0v) is 5.01.